The van der Waals surface area contributed by atoms with Gasteiger partial charge in [0.25, 0.3) is 11.8 Å². The van der Waals surface area contributed by atoms with Crippen LogP contribution in [0, 0.1) is 0 Å². The van der Waals surface area contributed by atoms with Crippen molar-refractivity contribution >= 4 is 56.8 Å². The summed E-state index contributed by atoms with van der Waals surface area (Å²) in [6.07, 6.45) is 1.67. The van der Waals surface area contributed by atoms with Crippen LogP contribution in [0.15, 0.2) is 42.5 Å². The summed E-state index contributed by atoms with van der Waals surface area (Å²) in [4.78, 5) is 48.2. The average molecular weight is 487 g/mol. The first-order valence-electron chi connectivity index (χ1n) is 10.7. The first kappa shape index (κ1) is 24.8. The van der Waals surface area contributed by atoms with E-state index in [0.29, 0.717) is 22.8 Å². The van der Waals surface area contributed by atoms with E-state index >= 15 is 0 Å². The molecule has 0 unspecified atom stereocenters. The Balaban J connectivity index is 0.00000306. The van der Waals surface area contributed by atoms with Gasteiger partial charge in [-0.2, -0.15) is 0 Å². The van der Waals surface area contributed by atoms with Gasteiger partial charge in [0, 0.05) is 6.54 Å². The Labute approximate surface area is 203 Å². The molecular weight excluding hydrogens is 460 g/mol. The Morgan fingerprint density at radius 2 is 1.70 bits per heavy atom. The normalized spacial score (nSPS) is 12.9. The molecule has 0 atom stereocenters. The predicted octanol–water partition coefficient (Wildman–Crippen LogP) is 3.86. The van der Waals surface area contributed by atoms with Crippen LogP contribution in [-0.2, 0) is 11.2 Å². The number of aromatic nitrogens is 1. The zero-order chi connectivity index (χ0) is 22.8. The minimum Gasteiger partial charge on any atom is -0.309 e. The third kappa shape index (κ3) is 5.08. The molecule has 0 saturated carbocycles. The van der Waals surface area contributed by atoms with E-state index < -0.39 is 11.8 Å². The fourth-order valence-corrected chi connectivity index (χ4v) is 4.84. The molecule has 174 valence electrons. The van der Waals surface area contributed by atoms with Crippen LogP contribution >= 0.6 is 23.7 Å². The molecule has 7 nitrogen and oxygen atoms in total. The van der Waals surface area contributed by atoms with Crippen LogP contribution in [0.5, 0.6) is 0 Å². The molecule has 1 aliphatic heterocycles. The number of halogens is 1. The van der Waals surface area contributed by atoms with Crippen molar-refractivity contribution in [1.82, 2.24) is 14.8 Å². The second-order valence-corrected chi connectivity index (χ2v) is 9.11. The van der Waals surface area contributed by atoms with Crippen LogP contribution in [0.1, 0.15) is 39.6 Å². The number of fused-ring (bicyclic) bond motifs is 2. The second kappa shape index (κ2) is 10.4. The maximum Gasteiger partial charge on any atom is 0.262 e. The first-order valence-corrected chi connectivity index (χ1v) is 11.5. The molecule has 3 amide bonds. The van der Waals surface area contributed by atoms with E-state index in [9.17, 15) is 14.4 Å². The molecular formula is C24H27ClN4O3S. The molecule has 0 aliphatic carbocycles. The van der Waals surface area contributed by atoms with Gasteiger partial charge in [-0.05, 0) is 63.3 Å². The minimum absolute atomic E-state index is 0. The molecule has 1 aromatic heterocycles. The van der Waals surface area contributed by atoms with E-state index in [-0.39, 0.29) is 24.9 Å². The summed E-state index contributed by atoms with van der Waals surface area (Å²) >= 11 is 1.46. The second-order valence-electron chi connectivity index (χ2n) is 8.10. The van der Waals surface area contributed by atoms with E-state index in [0.717, 1.165) is 34.5 Å². The molecule has 0 fully saturated rings. The summed E-state index contributed by atoms with van der Waals surface area (Å²) in [5.74, 6) is -1.17. The minimum atomic E-state index is -0.427. The molecule has 33 heavy (non-hydrogen) atoms. The number of benzene rings is 2. The Morgan fingerprint density at radius 1 is 1.03 bits per heavy atom. The van der Waals surface area contributed by atoms with Crippen LogP contribution in [0.25, 0.3) is 10.2 Å². The number of thiazole rings is 1. The smallest absolute Gasteiger partial charge is 0.262 e. The van der Waals surface area contributed by atoms with Gasteiger partial charge in [-0.1, -0.05) is 36.5 Å². The molecule has 0 saturated heterocycles. The van der Waals surface area contributed by atoms with Gasteiger partial charge in [0.2, 0.25) is 5.91 Å². The quantitative estimate of drug-likeness (QED) is 0.452. The van der Waals surface area contributed by atoms with Gasteiger partial charge in [0.1, 0.15) is 6.54 Å². The lowest BCUT2D eigenvalue weighted by Crippen LogP contribution is -2.43. The Morgan fingerprint density at radius 3 is 2.30 bits per heavy atom. The van der Waals surface area contributed by atoms with E-state index in [1.54, 1.807) is 29.2 Å². The molecule has 3 aromatic rings. The van der Waals surface area contributed by atoms with E-state index in [1.165, 1.54) is 16.9 Å². The number of imide groups is 1. The Kier molecular flexibility index (Phi) is 7.84. The maximum absolute atomic E-state index is 13.4. The SMILES string of the molecule is CCc1ccc2nc(N(CCCN(C)C)C(=O)CN3C(=O)c4ccccc4C3=O)sc2c1.Cl. The first-order chi connectivity index (χ1) is 15.4. The molecule has 0 spiro atoms. The molecule has 0 bridgehead atoms. The Hall–Kier alpha value is -2.81. The number of anilines is 1. The van der Waals surface area contributed by atoms with Gasteiger partial charge >= 0.3 is 0 Å². The Bertz CT molecular complexity index is 1160. The molecule has 1 aliphatic rings. The number of rotatable bonds is 8. The van der Waals surface area contributed by atoms with Crippen LogP contribution < -0.4 is 4.90 Å². The lowest BCUT2D eigenvalue weighted by atomic mass is 10.1. The van der Waals surface area contributed by atoms with Crippen molar-refractivity contribution in [2.45, 2.75) is 19.8 Å². The van der Waals surface area contributed by atoms with Gasteiger partial charge in [0.15, 0.2) is 5.13 Å². The predicted molar refractivity (Wildman–Crippen MR) is 134 cm³/mol. The number of aryl methyl sites for hydroxylation is 1. The molecule has 2 aromatic carbocycles. The standard InChI is InChI=1S/C24H26N4O3S.ClH/c1-4-16-10-11-19-20(14-16)32-24(25-19)27(13-7-12-26(2)3)21(29)15-28-22(30)17-8-5-6-9-18(17)23(28)31;/h5-6,8-11,14H,4,7,12-13,15H2,1-3H3;1H. The van der Waals surface area contributed by atoms with Gasteiger partial charge in [-0.15, -0.1) is 12.4 Å². The average Bonchev–Trinajstić information content (AvgIpc) is 3.30. The van der Waals surface area contributed by atoms with Crippen molar-refractivity contribution in [3.63, 3.8) is 0 Å². The molecule has 9 heteroatoms. The number of amides is 3. The fraction of sp³-hybridized carbons (Fsp3) is 0.333. The van der Waals surface area contributed by atoms with Crippen LogP contribution in [0.3, 0.4) is 0 Å². The highest BCUT2D eigenvalue weighted by molar-refractivity contribution is 7.22. The van der Waals surface area contributed by atoms with Crippen LogP contribution in [0.4, 0.5) is 5.13 Å². The summed E-state index contributed by atoms with van der Waals surface area (Å²) < 4.78 is 1.02. The monoisotopic (exact) mass is 486 g/mol. The lowest BCUT2D eigenvalue weighted by molar-refractivity contribution is -0.119. The van der Waals surface area contributed by atoms with E-state index in [4.69, 9.17) is 0 Å². The van der Waals surface area contributed by atoms with Crippen molar-refractivity contribution < 1.29 is 14.4 Å². The fourth-order valence-electron chi connectivity index (χ4n) is 3.77. The number of nitrogens with zero attached hydrogens (tertiary/aromatic N) is 4. The van der Waals surface area contributed by atoms with Crippen LogP contribution in [-0.4, -0.2) is 66.2 Å². The zero-order valence-corrected chi connectivity index (χ0v) is 20.5. The highest BCUT2D eigenvalue weighted by Gasteiger charge is 2.37. The van der Waals surface area contributed by atoms with Crippen molar-refractivity contribution in [3.8, 4) is 0 Å². The number of carbonyl (C=O) groups is 3. The number of hydrogen-bond donors (Lipinski definition) is 0. The topological polar surface area (TPSA) is 73.8 Å². The largest absolute Gasteiger partial charge is 0.309 e. The van der Waals surface area contributed by atoms with Gasteiger partial charge in [-0.3, -0.25) is 24.2 Å². The summed E-state index contributed by atoms with van der Waals surface area (Å²) in [6.45, 7) is 3.06. The summed E-state index contributed by atoms with van der Waals surface area (Å²) in [5.41, 5.74) is 2.74. The highest BCUT2D eigenvalue weighted by Crippen LogP contribution is 2.31. The summed E-state index contributed by atoms with van der Waals surface area (Å²) in [7, 11) is 3.96. The number of hydrogen-bond acceptors (Lipinski definition) is 6. The van der Waals surface area contributed by atoms with E-state index in [2.05, 4.69) is 22.9 Å². The van der Waals surface area contributed by atoms with Crippen LogP contribution in [0.2, 0.25) is 0 Å². The van der Waals surface area contributed by atoms with Crippen molar-refractivity contribution in [2.75, 3.05) is 38.6 Å². The summed E-state index contributed by atoms with van der Waals surface area (Å²) in [6, 6.07) is 12.8. The van der Waals surface area contributed by atoms with Gasteiger partial charge in [-0.25, -0.2) is 4.98 Å². The third-order valence-electron chi connectivity index (χ3n) is 5.54. The third-order valence-corrected chi connectivity index (χ3v) is 6.58. The molecule has 4 rings (SSSR count). The van der Waals surface area contributed by atoms with Crippen molar-refractivity contribution in [1.29, 1.82) is 0 Å². The number of carbonyl (C=O) groups excluding carboxylic acids is 3. The maximum atomic E-state index is 13.4. The molecule has 0 N–H and O–H groups in total. The molecule has 2 heterocycles. The van der Waals surface area contributed by atoms with Gasteiger partial charge in [0.05, 0.1) is 21.3 Å². The molecule has 0 radical (unpaired) electrons. The lowest BCUT2D eigenvalue weighted by Gasteiger charge is -2.23. The highest BCUT2D eigenvalue weighted by atomic mass is 35.5. The zero-order valence-electron chi connectivity index (χ0n) is 18.9. The van der Waals surface area contributed by atoms with Crippen molar-refractivity contribution in [3.05, 3.63) is 59.2 Å². The summed E-state index contributed by atoms with van der Waals surface area (Å²) in [5, 5.41) is 0.591. The van der Waals surface area contributed by atoms with Gasteiger partial charge < -0.3 is 4.90 Å². The van der Waals surface area contributed by atoms with E-state index in [1.807, 2.05) is 26.2 Å². The van der Waals surface area contributed by atoms with Crippen molar-refractivity contribution in [2.24, 2.45) is 0 Å².